The van der Waals surface area contributed by atoms with Crippen LogP contribution in [0.25, 0.3) is 5.65 Å². The second-order valence-electron chi connectivity index (χ2n) is 7.13. The van der Waals surface area contributed by atoms with Crippen LogP contribution < -0.4 is 11.5 Å². The average Bonchev–Trinajstić information content (AvgIpc) is 3.12. The molecular weight excluding hydrogens is 357 g/mol. The van der Waals surface area contributed by atoms with Crippen LogP contribution in [0.3, 0.4) is 0 Å². The smallest absolute Gasteiger partial charge is 0.166 e. The van der Waals surface area contributed by atoms with Gasteiger partial charge in [0.05, 0.1) is 23.6 Å². The molecule has 0 radical (unpaired) electrons. The van der Waals surface area contributed by atoms with Crippen molar-refractivity contribution in [1.82, 2.24) is 19.3 Å². The van der Waals surface area contributed by atoms with Crippen molar-refractivity contribution in [2.24, 2.45) is 16.5 Å². The van der Waals surface area contributed by atoms with Crippen LogP contribution in [0.4, 0.5) is 4.39 Å². The largest absolute Gasteiger partial charge is 0.395 e. The van der Waals surface area contributed by atoms with E-state index >= 15 is 0 Å². The molecule has 2 unspecified atom stereocenters. The average molecular weight is 377 g/mol. The molecule has 7 nitrogen and oxygen atoms in total. The zero-order valence-corrected chi connectivity index (χ0v) is 15.2. The van der Waals surface area contributed by atoms with Gasteiger partial charge in [-0.25, -0.2) is 14.4 Å². The van der Waals surface area contributed by atoms with Crippen LogP contribution in [0.5, 0.6) is 0 Å². The second kappa shape index (κ2) is 6.33. The normalized spacial score (nSPS) is 22.0. The highest BCUT2D eigenvalue weighted by molar-refractivity contribution is 5.96. The Balaban J connectivity index is 1.65. The topological polar surface area (TPSA) is 97.8 Å². The summed E-state index contributed by atoms with van der Waals surface area (Å²) in [7, 11) is 0. The molecule has 0 bridgehead atoms. The molecule has 2 aliphatic rings. The lowest BCUT2D eigenvalue weighted by Gasteiger charge is -2.40. The van der Waals surface area contributed by atoms with E-state index in [1.807, 2.05) is 18.5 Å². The van der Waals surface area contributed by atoms with Crippen molar-refractivity contribution < 1.29 is 4.39 Å². The molecule has 142 valence electrons. The van der Waals surface area contributed by atoms with Gasteiger partial charge in [-0.2, -0.15) is 0 Å². The number of aryl methyl sites for hydroxylation is 1. The first-order chi connectivity index (χ1) is 13.6. The highest BCUT2D eigenvalue weighted by Gasteiger charge is 2.34. The molecular formula is C20H20FN7. The molecule has 28 heavy (non-hydrogen) atoms. The number of hydrogen-bond donors (Lipinski definition) is 2. The van der Waals surface area contributed by atoms with Gasteiger partial charge >= 0.3 is 0 Å². The molecule has 0 saturated heterocycles. The third-order valence-electron chi connectivity index (χ3n) is 5.43. The molecule has 3 aromatic heterocycles. The first-order valence-electron chi connectivity index (χ1n) is 9.26. The Morgan fingerprint density at radius 1 is 1.14 bits per heavy atom. The van der Waals surface area contributed by atoms with Crippen LogP contribution in [0.2, 0.25) is 0 Å². The van der Waals surface area contributed by atoms with Crippen molar-refractivity contribution in [3.63, 3.8) is 0 Å². The number of aromatic nitrogens is 3. The van der Waals surface area contributed by atoms with E-state index in [0.717, 1.165) is 30.7 Å². The van der Waals surface area contributed by atoms with Gasteiger partial charge in [0.15, 0.2) is 6.17 Å². The highest BCUT2D eigenvalue weighted by atomic mass is 19.1. The van der Waals surface area contributed by atoms with E-state index in [0.29, 0.717) is 11.3 Å². The van der Waals surface area contributed by atoms with Crippen LogP contribution in [0.1, 0.15) is 42.0 Å². The van der Waals surface area contributed by atoms with Crippen molar-refractivity contribution in [3.8, 4) is 0 Å². The van der Waals surface area contributed by atoms with Crippen LogP contribution in [0, 0.1) is 5.82 Å². The van der Waals surface area contributed by atoms with Gasteiger partial charge in [-0.3, -0.25) is 9.38 Å². The summed E-state index contributed by atoms with van der Waals surface area (Å²) in [5, 5.41) is 0. The second-order valence-corrected chi connectivity index (χ2v) is 7.13. The molecule has 1 aliphatic heterocycles. The van der Waals surface area contributed by atoms with E-state index in [2.05, 4.69) is 25.9 Å². The highest BCUT2D eigenvalue weighted by Crippen LogP contribution is 2.40. The fraction of sp³-hybridized carbons (Fsp3) is 0.250. The molecule has 5 rings (SSSR count). The summed E-state index contributed by atoms with van der Waals surface area (Å²) < 4.78 is 15.6. The molecule has 1 aliphatic carbocycles. The quantitative estimate of drug-likeness (QED) is 0.715. The monoisotopic (exact) mass is 377 g/mol. The van der Waals surface area contributed by atoms with Gasteiger partial charge in [-0.05, 0) is 43.0 Å². The Morgan fingerprint density at radius 3 is 2.93 bits per heavy atom. The van der Waals surface area contributed by atoms with E-state index in [9.17, 15) is 4.39 Å². The van der Waals surface area contributed by atoms with Gasteiger partial charge in [0.2, 0.25) is 0 Å². The number of hydrogen-bond acceptors (Lipinski definition) is 6. The van der Waals surface area contributed by atoms with Gasteiger partial charge in [0, 0.05) is 24.3 Å². The maximum absolute atomic E-state index is 13.9. The number of pyridine rings is 2. The minimum absolute atomic E-state index is 0.0527. The number of fused-ring (bicyclic) bond motifs is 2. The third-order valence-corrected chi connectivity index (χ3v) is 5.43. The Bertz CT molecular complexity index is 1120. The van der Waals surface area contributed by atoms with Crippen LogP contribution in [-0.2, 0) is 6.42 Å². The number of rotatable bonds is 2. The first kappa shape index (κ1) is 16.7. The molecule has 0 saturated carbocycles. The van der Waals surface area contributed by atoms with Crippen molar-refractivity contribution >= 4 is 11.5 Å². The molecule has 3 aromatic rings. The number of imidazole rings is 1. The summed E-state index contributed by atoms with van der Waals surface area (Å²) in [6.07, 6.45) is 9.26. The summed E-state index contributed by atoms with van der Waals surface area (Å²) in [5.74, 6) is -0.0665. The Hall–Kier alpha value is -3.42. The number of amidine groups is 1. The molecule has 8 heteroatoms. The zero-order chi connectivity index (χ0) is 19.3. The van der Waals surface area contributed by atoms with Crippen LogP contribution >= 0.6 is 0 Å². The van der Waals surface area contributed by atoms with E-state index in [-0.39, 0.29) is 17.7 Å². The molecule has 2 atom stereocenters. The SMILES string of the molecule is NC1=CN(C2CCCc3ncccc32)C(c2cnc3ccc(F)cn23)N=C1N. The number of nitrogens with zero attached hydrogens (tertiary/aromatic N) is 5. The zero-order valence-electron chi connectivity index (χ0n) is 15.2. The summed E-state index contributed by atoms with van der Waals surface area (Å²) in [4.78, 5) is 15.7. The minimum atomic E-state index is -0.458. The fourth-order valence-electron chi connectivity index (χ4n) is 4.10. The van der Waals surface area contributed by atoms with E-state index < -0.39 is 6.17 Å². The Kier molecular flexibility index (Phi) is 3.78. The Labute approximate surface area is 161 Å². The van der Waals surface area contributed by atoms with E-state index in [4.69, 9.17) is 11.5 Å². The van der Waals surface area contributed by atoms with E-state index in [1.165, 1.54) is 17.8 Å². The van der Waals surface area contributed by atoms with Gasteiger partial charge in [0.1, 0.15) is 17.3 Å². The molecule has 4 N–H and O–H groups in total. The summed E-state index contributed by atoms with van der Waals surface area (Å²) >= 11 is 0. The van der Waals surface area contributed by atoms with Crippen LogP contribution in [0.15, 0.2) is 59.7 Å². The van der Waals surface area contributed by atoms with Crippen molar-refractivity contribution in [2.45, 2.75) is 31.5 Å². The standard InChI is InChI=1S/C20H20FN7/c21-12-6-7-18-25-9-17(27(18)10-12)20-26-19(23)14(22)11-28(20)16-5-1-4-15-13(16)3-2-8-24-15/h2-3,6-11,16,20H,1,4-5,22H2,(H2,23,26). The summed E-state index contributed by atoms with van der Waals surface area (Å²) in [6, 6.07) is 7.14. The maximum atomic E-state index is 13.9. The van der Waals surface area contributed by atoms with Crippen molar-refractivity contribution in [3.05, 3.63) is 77.5 Å². The minimum Gasteiger partial charge on any atom is -0.395 e. The predicted molar refractivity (Wildman–Crippen MR) is 104 cm³/mol. The molecule has 0 spiro atoms. The first-order valence-corrected chi connectivity index (χ1v) is 9.26. The lowest BCUT2D eigenvalue weighted by Crippen LogP contribution is -2.38. The number of aliphatic imine (C=N–C) groups is 1. The third kappa shape index (κ3) is 2.60. The lowest BCUT2D eigenvalue weighted by atomic mass is 9.89. The van der Waals surface area contributed by atoms with Crippen molar-refractivity contribution in [1.29, 1.82) is 0 Å². The predicted octanol–water partition coefficient (Wildman–Crippen LogP) is 2.42. The van der Waals surface area contributed by atoms with Crippen LogP contribution in [-0.4, -0.2) is 25.1 Å². The van der Waals surface area contributed by atoms with Gasteiger partial charge in [-0.15, -0.1) is 0 Å². The van der Waals surface area contributed by atoms with Gasteiger partial charge in [0.25, 0.3) is 0 Å². The molecule has 0 fully saturated rings. The fourth-order valence-corrected chi connectivity index (χ4v) is 4.10. The summed E-state index contributed by atoms with van der Waals surface area (Å²) in [6.45, 7) is 0. The lowest BCUT2D eigenvalue weighted by molar-refractivity contribution is 0.182. The molecule has 4 heterocycles. The Morgan fingerprint density at radius 2 is 2.04 bits per heavy atom. The van der Waals surface area contributed by atoms with Gasteiger partial charge in [-0.1, -0.05) is 6.07 Å². The number of nitrogens with two attached hydrogens (primary N) is 2. The number of halogens is 1. The maximum Gasteiger partial charge on any atom is 0.166 e. The van der Waals surface area contributed by atoms with Gasteiger partial charge < -0.3 is 16.4 Å². The van der Waals surface area contributed by atoms with Crippen molar-refractivity contribution in [2.75, 3.05) is 0 Å². The molecule has 0 aromatic carbocycles. The molecule has 0 amide bonds. The summed E-state index contributed by atoms with van der Waals surface area (Å²) in [5.41, 5.74) is 16.2. The van der Waals surface area contributed by atoms with E-state index in [1.54, 1.807) is 16.7 Å².